The van der Waals surface area contributed by atoms with Crippen LogP contribution in [0.2, 0.25) is 5.02 Å². The number of anilines is 1. The van der Waals surface area contributed by atoms with Crippen LogP contribution in [0, 0.1) is 11.7 Å². The van der Waals surface area contributed by atoms with Gasteiger partial charge in [-0.3, -0.25) is 19.2 Å². The lowest BCUT2D eigenvalue weighted by Gasteiger charge is -2.30. The summed E-state index contributed by atoms with van der Waals surface area (Å²) >= 11 is 6.50. The minimum atomic E-state index is -0.669. The van der Waals surface area contributed by atoms with Gasteiger partial charge in [0.05, 0.1) is 60.5 Å². The molecule has 1 N–H and O–H groups in total. The molecule has 1 aromatic heterocycles. The molecule has 0 radical (unpaired) electrons. The number of hydrogen-bond donors (Lipinski definition) is 1. The third kappa shape index (κ3) is 7.20. The summed E-state index contributed by atoms with van der Waals surface area (Å²) < 4.78 is 28.3. The average molecular weight is 655 g/mol. The number of halogens is 2. The van der Waals surface area contributed by atoms with Crippen molar-refractivity contribution in [3.05, 3.63) is 64.6 Å². The Kier molecular flexibility index (Phi) is 10.3. The standard InChI is InChI=1S/C34H40ClFN4O6/c1-20(41)39(3)23-15-24(19-46-25-11-9-21(10-12-25)34(44)45-4)40(17-23)32(42)14-22-13-28(35)30(16-29(22)36)37-33(43)27-18-38(2)31-8-6-5-7-26(27)31/h5-8,13,16,18,21,23-25H,9-12,14-15,17,19H2,1-4H3,(H,37,43)/t21?,23-,24-,25?/m0/s1. The van der Waals surface area contributed by atoms with Crippen LogP contribution in [0.5, 0.6) is 0 Å². The normalized spacial score (nSPS) is 21.3. The number of esters is 1. The molecule has 0 bridgehead atoms. The highest BCUT2D eigenvalue weighted by Gasteiger charge is 2.39. The van der Waals surface area contributed by atoms with Gasteiger partial charge in [0.25, 0.3) is 5.91 Å². The summed E-state index contributed by atoms with van der Waals surface area (Å²) in [4.78, 5) is 54.0. The fraction of sp³-hybridized carbons (Fsp3) is 0.471. The molecule has 1 saturated carbocycles. The van der Waals surface area contributed by atoms with Crippen LogP contribution in [0.1, 0.15) is 54.9 Å². The molecule has 2 fully saturated rings. The zero-order valence-corrected chi connectivity index (χ0v) is 27.3. The molecule has 0 spiro atoms. The summed E-state index contributed by atoms with van der Waals surface area (Å²) in [5.74, 6) is -1.85. The van der Waals surface area contributed by atoms with E-state index < -0.39 is 11.7 Å². The van der Waals surface area contributed by atoms with E-state index in [0.717, 1.165) is 17.0 Å². The molecule has 1 saturated heterocycles. The van der Waals surface area contributed by atoms with Crippen LogP contribution in [-0.2, 0) is 37.3 Å². The Bertz CT molecular complexity index is 1640. The molecule has 2 atom stereocenters. The molecule has 246 valence electrons. The van der Waals surface area contributed by atoms with Crippen molar-refractivity contribution in [1.82, 2.24) is 14.4 Å². The van der Waals surface area contributed by atoms with E-state index >= 15 is 4.39 Å². The third-order valence-corrected chi connectivity index (χ3v) is 9.67. The number of fused-ring (bicyclic) bond motifs is 1. The Morgan fingerprint density at radius 1 is 1.11 bits per heavy atom. The fourth-order valence-electron chi connectivity index (χ4n) is 6.57. The molecule has 0 unspecified atom stereocenters. The molecule has 1 aliphatic carbocycles. The van der Waals surface area contributed by atoms with Crippen molar-refractivity contribution >= 4 is 51.9 Å². The number of nitrogens with one attached hydrogen (secondary N) is 1. The Morgan fingerprint density at radius 3 is 2.52 bits per heavy atom. The number of aryl methyl sites for hydroxylation is 1. The molecule has 2 heterocycles. The second kappa shape index (κ2) is 14.2. The first-order valence-electron chi connectivity index (χ1n) is 15.5. The first-order valence-corrected chi connectivity index (χ1v) is 15.9. The average Bonchev–Trinajstić information content (AvgIpc) is 3.63. The smallest absolute Gasteiger partial charge is 0.308 e. The van der Waals surface area contributed by atoms with Gasteiger partial charge in [-0.15, -0.1) is 0 Å². The number of benzene rings is 2. The first kappa shape index (κ1) is 33.4. The van der Waals surface area contributed by atoms with Gasteiger partial charge in [0.15, 0.2) is 0 Å². The van der Waals surface area contributed by atoms with Gasteiger partial charge in [-0.25, -0.2) is 4.39 Å². The first-order chi connectivity index (χ1) is 22.0. The number of methoxy groups -OCH3 is 1. The molecule has 1 aliphatic heterocycles. The van der Waals surface area contributed by atoms with Gasteiger partial charge in [-0.2, -0.15) is 0 Å². The van der Waals surface area contributed by atoms with E-state index in [1.807, 2.05) is 35.9 Å². The Balaban J connectivity index is 1.26. The number of hydrogen-bond acceptors (Lipinski definition) is 6. The maximum absolute atomic E-state index is 15.4. The predicted molar refractivity (Wildman–Crippen MR) is 172 cm³/mol. The molecular formula is C34H40ClFN4O6. The molecule has 46 heavy (non-hydrogen) atoms. The van der Waals surface area contributed by atoms with E-state index in [0.29, 0.717) is 44.2 Å². The van der Waals surface area contributed by atoms with E-state index in [2.05, 4.69) is 5.32 Å². The van der Waals surface area contributed by atoms with Gasteiger partial charge >= 0.3 is 5.97 Å². The van der Waals surface area contributed by atoms with Crippen molar-refractivity contribution in [2.24, 2.45) is 13.0 Å². The van der Waals surface area contributed by atoms with E-state index in [4.69, 9.17) is 21.1 Å². The summed E-state index contributed by atoms with van der Waals surface area (Å²) in [5.41, 5.74) is 1.51. The molecule has 3 amide bonds. The van der Waals surface area contributed by atoms with Crippen molar-refractivity contribution in [3.8, 4) is 0 Å². The number of ether oxygens (including phenoxy) is 2. The topological polar surface area (TPSA) is 110 Å². The highest BCUT2D eigenvalue weighted by Crippen LogP contribution is 2.31. The van der Waals surface area contributed by atoms with Crippen molar-refractivity contribution in [2.75, 3.05) is 32.6 Å². The van der Waals surface area contributed by atoms with Crippen molar-refractivity contribution in [1.29, 1.82) is 0 Å². The molecule has 12 heteroatoms. The van der Waals surface area contributed by atoms with E-state index in [-0.39, 0.29) is 71.2 Å². The maximum atomic E-state index is 15.4. The third-order valence-electron chi connectivity index (χ3n) is 9.36. The van der Waals surface area contributed by atoms with Crippen LogP contribution < -0.4 is 5.32 Å². The van der Waals surface area contributed by atoms with Crippen LogP contribution in [0.25, 0.3) is 10.9 Å². The van der Waals surface area contributed by atoms with Crippen LogP contribution >= 0.6 is 11.6 Å². The van der Waals surface area contributed by atoms with Gasteiger partial charge < -0.3 is 29.2 Å². The molecule has 2 aromatic carbocycles. The van der Waals surface area contributed by atoms with E-state index in [1.165, 1.54) is 20.1 Å². The summed E-state index contributed by atoms with van der Waals surface area (Å²) in [6.45, 7) is 2.05. The van der Waals surface area contributed by atoms with Gasteiger partial charge in [0.1, 0.15) is 5.82 Å². The van der Waals surface area contributed by atoms with Crippen molar-refractivity contribution in [3.63, 3.8) is 0 Å². The monoisotopic (exact) mass is 654 g/mol. The quantitative estimate of drug-likeness (QED) is 0.327. The lowest BCUT2D eigenvalue weighted by Crippen LogP contribution is -2.42. The fourth-order valence-corrected chi connectivity index (χ4v) is 6.80. The van der Waals surface area contributed by atoms with Crippen molar-refractivity contribution in [2.45, 2.75) is 63.6 Å². The van der Waals surface area contributed by atoms with Gasteiger partial charge in [0.2, 0.25) is 11.8 Å². The summed E-state index contributed by atoms with van der Waals surface area (Å²) in [5, 5.41) is 3.57. The number of carbonyl (C=O) groups excluding carboxylic acids is 4. The lowest BCUT2D eigenvalue weighted by molar-refractivity contribution is -0.148. The Hall–Kier alpha value is -3.96. The molecule has 10 nitrogen and oxygen atoms in total. The largest absolute Gasteiger partial charge is 0.469 e. The van der Waals surface area contributed by atoms with Crippen LogP contribution in [0.3, 0.4) is 0 Å². The van der Waals surface area contributed by atoms with Gasteiger partial charge in [-0.1, -0.05) is 29.8 Å². The number of likely N-dealkylation sites (N-methyl/N-ethyl adjacent to an activating group) is 1. The highest BCUT2D eigenvalue weighted by molar-refractivity contribution is 6.34. The maximum Gasteiger partial charge on any atom is 0.308 e. The van der Waals surface area contributed by atoms with E-state index in [1.54, 1.807) is 23.0 Å². The highest BCUT2D eigenvalue weighted by atomic mass is 35.5. The zero-order valence-electron chi connectivity index (χ0n) is 26.6. The van der Waals surface area contributed by atoms with Gasteiger partial charge in [-0.05, 0) is 55.9 Å². The minimum Gasteiger partial charge on any atom is -0.469 e. The second-order valence-corrected chi connectivity index (χ2v) is 12.7. The Labute approximate surface area is 272 Å². The van der Waals surface area contributed by atoms with Crippen LogP contribution in [0.4, 0.5) is 10.1 Å². The Morgan fingerprint density at radius 2 is 1.83 bits per heavy atom. The minimum absolute atomic E-state index is 0.0460. The summed E-state index contributed by atoms with van der Waals surface area (Å²) in [6, 6.07) is 9.46. The lowest BCUT2D eigenvalue weighted by atomic mass is 9.87. The molecule has 3 aromatic rings. The predicted octanol–water partition coefficient (Wildman–Crippen LogP) is 4.96. The van der Waals surface area contributed by atoms with Crippen molar-refractivity contribution < 1.29 is 33.0 Å². The number of aromatic nitrogens is 1. The van der Waals surface area contributed by atoms with Crippen LogP contribution in [0.15, 0.2) is 42.6 Å². The van der Waals surface area contributed by atoms with Gasteiger partial charge in [0, 0.05) is 44.7 Å². The number of nitrogens with zero attached hydrogens (tertiary/aromatic N) is 3. The number of rotatable bonds is 9. The summed E-state index contributed by atoms with van der Waals surface area (Å²) in [7, 11) is 4.94. The summed E-state index contributed by atoms with van der Waals surface area (Å²) in [6.07, 6.45) is 4.72. The SMILES string of the molecule is COC(=O)C1CCC(OC[C@@H]2C[C@H](N(C)C(C)=O)CN2C(=O)Cc2cc(Cl)c(NC(=O)c3cn(C)c4ccccc34)cc2F)CC1. The molecular weight excluding hydrogens is 615 g/mol. The number of para-hydroxylation sites is 1. The van der Waals surface area contributed by atoms with E-state index in [9.17, 15) is 19.2 Å². The molecule has 5 rings (SSSR count). The second-order valence-electron chi connectivity index (χ2n) is 12.3. The number of amides is 3. The zero-order chi connectivity index (χ0) is 33.1. The number of likely N-dealkylation sites (tertiary alicyclic amines) is 1. The van der Waals surface area contributed by atoms with Crippen LogP contribution in [-0.4, -0.2) is 83.6 Å². The molecule has 2 aliphatic rings. The number of carbonyl (C=O) groups is 4.